The van der Waals surface area contributed by atoms with Crippen LogP contribution in [-0.4, -0.2) is 38.0 Å². The second-order valence-corrected chi connectivity index (χ2v) is 6.27. The molecule has 0 aliphatic carbocycles. The third kappa shape index (κ3) is 2.19. The Morgan fingerprint density at radius 1 is 1.47 bits per heavy atom. The van der Waals surface area contributed by atoms with Crippen molar-refractivity contribution in [3.63, 3.8) is 0 Å². The Kier molecular flexibility index (Phi) is 2.94. The van der Waals surface area contributed by atoms with Gasteiger partial charge in [0.1, 0.15) is 15.8 Å². The lowest BCUT2D eigenvalue weighted by Gasteiger charge is -1.95. The molecule has 0 saturated heterocycles. The number of carbonyl (C=O) groups is 1. The Balaban J connectivity index is 2.05. The number of thiazole rings is 1. The number of thioether (sulfide) groups is 1. The van der Waals surface area contributed by atoms with Crippen LogP contribution in [0.4, 0.5) is 0 Å². The van der Waals surface area contributed by atoms with Gasteiger partial charge >= 0.3 is 5.97 Å². The van der Waals surface area contributed by atoms with Crippen LogP contribution in [0.25, 0.3) is 10.2 Å². The van der Waals surface area contributed by atoms with Gasteiger partial charge in [0.15, 0.2) is 6.04 Å². The van der Waals surface area contributed by atoms with Gasteiger partial charge in [-0.25, -0.2) is 9.78 Å². The van der Waals surface area contributed by atoms with Gasteiger partial charge in [0.25, 0.3) is 0 Å². The van der Waals surface area contributed by atoms with Crippen molar-refractivity contribution in [2.24, 2.45) is 4.99 Å². The average Bonchev–Trinajstić information content (AvgIpc) is 2.92. The zero-order valence-electron chi connectivity index (χ0n) is 9.95. The molecule has 0 amide bonds. The van der Waals surface area contributed by atoms with Crippen molar-refractivity contribution in [2.45, 2.75) is 13.0 Å². The minimum absolute atomic E-state index is 0.213. The highest BCUT2D eigenvalue weighted by Crippen LogP contribution is 2.33. The van der Waals surface area contributed by atoms with E-state index in [0.29, 0.717) is 10.8 Å². The Hall–Kier alpha value is -1.60. The number of aromatic nitrogens is 1. The van der Waals surface area contributed by atoms with Crippen LogP contribution in [0.5, 0.6) is 5.75 Å². The summed E-state index contributed by atoms with van der Waals surface area (Å²) >= 11 is 2.83. The number of phenols is 1. The normalized spacial score (nSPS) is 18.8. The molecule has 0 radical (unpaired) electrons. The first-order valence-electron chi connectivity index (χ1n) is 5.58. The molecule has 2 aromatic rings. The summed E-state index contributed by atoms with van der Waals surface area (Å²) in [7, 11) is 0. The van der Waals surface area contributed by atoms with Gasteiger partial charge in [-0.15, -0.1) is 23.1 Å². The van der Waals surface area contributed by atoms with Crippen LogP contribution < -0.4 is 0 Å². The smallest absolute Gasteiger partial charge is 0.329 e. The van der Waals surface area contributed by atoms with E-state index in [-0.39, 0.29) is 5.75 Å². The summed E-state index contributed by atoms with van der Waals surface area (Å²) in [5.41, 5.74) is 1.73. The van der Waals surface area contributed by atoms with E-state index in [1.165, 1.54) is 23.1 Å². The predicted molar refractivity (Wildman–Crippen MR) is 76.4 cm³/mol. The summed E-state index contributed by atoms with van der Waals surface area (Å²) in [5, 5.41) is 19.9. The number of carboxylic acids is 1. The van der Waals surface area contributed by atoms with Crippen LogP contribution in [0.15, 0.2) is 17.1 Å². The van der Waals surface area contributed by atoms with E-state index in [4.69, 9.17) is 5.11 Å². The molecule has 0 saturated carbocycles. The Morgan fingerprint density at radius 2 is 2.26 bits per heavy atom. The molecule has 1 unspecified atom stereocenters. The first kappa shape index (κ1) is 12.4. The maximum Gasteiger partial charge on any atom is 0.329 e. The van der Waals surface area contributed by atoms with Crippen LogP contribution >= 0.6 is 23.1 Å². The number of hydrogen-bond donors (Lipinski definition) is 2. The fourth-order valence-electron chi connectivity index (χ4n) is 1.89. The maximum absolute atomic E-state index is 10.9. The summed E-state index contributed by atoms with van der Waals surface area (Å²) in [6, 6.07) is 2.65. The van der Waals surface area contributed by atoms with E-state index < -0.39 is 12.0 Å². The summed E-state index contributed by atoms with van der Waals surface area (Å²) in [5.74, 6) is -0.243. The number of nitrogens with zero attached hydrogens (tertiary/aromatic N) is 2. The number of phenolic OH excluding ortho intramolecular Hbond substituents is 1. The lowest BCUT2D eigenvalue weighted by molar-refractivity contribution is -0.137. The number of fused-ring (bicyclic) bond motifs is 1. The number of aliphatic carboxylic acids is 1. The highest BCUT2D eigenvalue weighted by atomic mass is 32.2. The topological polar surface area (TPSA) is 82.8 Å². The molecule has 98 valence electrons. The second-order valence-electron chi connectivity index (χ2n) is 4.23. The number of carboxylic acid groups (broad SMARTS) is 1. The zero-order chi connectivity index (χ0) is 13.6. The third-order valence-corrected chi connectivity index (χ3v) is 4.98. The molecular weight excluding hydrogens is 284 g/mol. The van der Waals surface area contributed by atoms with Gasteiger partial charge in [-0.3, -0.25) is 4.99 Å². The summed E-state index contributed by atoms with van der Waals surface area (Å²) in [4.78, 5) is 19.5. The van der Waals surface area contributed by atoms with E-state index in [1.54, 1.807) is 12.1 Å². The van der Waals surface area contributed by atoms with Crippen LogP contribution in [0.2, 0.25) is 0 Å². The Morgan fingerprint density at radius 3 is 2.95 bits per heavy atom. The highest BCUT2D eigenvalue weighted by molar-refractivity contribution is 8.15. The average molecular weight is 294 g/mol. The summed E-state index contributed by atoms with van der Waals surface area (Å²) in [6.45, 7) is 1.88. The molecule has 2 heterocycles. The van der Waals surface area contributed by atoms with Crippen molar-refractivity contribution in [3.05, 3.63) is 22.7 Å². The van der Waals surface area contributed by atoms with E-state index in [2.05, 4.69) is 9.98 Å². The molecule has 3 rings (SSSR count). The second kappa shape index (κ2) is 4.50. The van der Waals surface area contributed by atoms with E-state index in [1.807, 2.05) is 6.92 Å². The van der Waals surface area contributed by atoms with Crippen molar-refractivity contribution in [2.75, 3.05) is 5.75 Å². The van der Waals surface area contributed by atoms with Gasteiger partial charge in [-0.1, -0.05) is 0 Å². The molecule has 5 nitrogen and oxygen atoms in total. The molecule has 0 spiro atoms. The van der Waals surface area contributed by atoms with Gasteiger partial charge in [-0.2, -0.15) is 0 Å². The van der Waals surface area contributed by atoms with Crippen LogP contribution in [0, 0.1) is 6.92 Å². The molecule has 1 aliphatic heterocycles. The minimum Gasteiger partial charge on any atom is -0.508 e. The molecule has 2 N–H and O–H groups in total. The summed E-state index contributed by atoms with van der Waals surface area (Å²) in [6.07, 6.45) is 0. The van der Waals surface area contributed by atoms with Crippen LogP contribution in [-0.2, 0) is 4.79 Å². The molecule has 0 bridgehead atoms. The first-order valence-corrected chi connectivity index (χ1v) is 7.39. The lowest BCUT2D eigenvalue weighted by Crippen LogP contribution is -2.17. The molecule has 19 heavy (non-hydrogen) atoms. The molecule has 1 aromatic heterocycles. The van der Waals surface area contributed by atoms with Crippen molar-refractivity contribution >= 4 is 44.3 Å². The van der Waals surface area contributed by atoms with Crippen LogP contribution in [0.1, 0.15) is 10.6 Å². The van der Waals surface area contributed by atoms with Crippen molar-refractivity contribution < 1.29 is 15.0 Å². The monoisotopic (exact) mass is 294 g/mol. The fourth-order valence-corrected chi connectivity index (χ4v) is 4.06. The first-order chi connectivity index (χ1) is 9.04. The van der Waals surface area contributed by atoms with Gasteiger partial charge in [0.2, 0.25) is 0 Å². The lowest BCUT2D eigenvalue weighted by atomic mass is 10.2. The fraction of sp³-hybridized carbons (Fsp3) is 0.250. The van der Waals surface area contributed by atoms with E-state index >= 15 is 0 Å². The number of benzene rings is 1. The Labute approximate surface area is 117 Å². The summed E-state index contributed by atoms with van der Waals surface area (Å²) < 4.78 is 0.884. The quantitative estimate of drug-likeness (QED) is 0.887. The van der Waals surface area contributed by atoms with Crippen molar-refractivity contribution in [1.82, 2.24) is 4.98 Å². The van der Waals surface area contributed by atoms with Gasteiger partial charge < -0.3 is 10.2 Å². The Bertz CT molecular complexity index is 708. The zero-order valence-corrected chi connectivity index (χ0v) is 11.6. The van der Waals surface area contributed by atoms with Gasteiger partial charge in [-0.05, 0) is 24.6 Å². The van der Waals surface area contributed by atoms with Crippen molar-refractivity contribution in [1.29, 1.82) is 0 Å². The van der Waals surface area contributed by atoms with Gasteiger partial charge in [0, 0.05) is 5.75 Å². The third-order valence-electron chi connectivity index (χ3n) is 2.79. The number of aryl methyl sites for hydroxylation is 1. The molecule has 0 fully saturated rings. The van der Waals surface area contributed by atoms with Crippen LogP contribution in [0.3, 0.4) is 0 Å². The molecule has 1 atom stereocenters. The number of rotatable bonds is 2. The molecule has 1 aromatic carbocycles. The number of aliphatic imine (C=N–C) groups is 1. The molecular formula is C12H10N2O3S2. The number of aromatic hydroxyl groups is 1. The SMILES string of the molecule is Cc1cc(O)cc2sc(C3=NC(C(=O)O)CS3)nc12. The van der Waals surface area contributed by atoms with E-state index in [9.17, 15) is 9.90 Å². The minimum atomic E-state index is -0.905. The standard InChI is InChI=1S/C12H10N2O3S2/c1-5-2-6(15)3-8-9(5)14-11(19-8)10-13-7(4-18-10)12(16)17/h2-3,7,15H,4H2,1H3,(H,16,17). The van der Waals surface area contributed by atoms with Gasteiger partial charge in [0.05, 0.1) is 10.2 Å². The predicted octanol–water partition coefficient (Wildman–Crippen LogP) is 2.26. The number of hydrogen-bond acceptors (Lipinski definition) is 6. The van der Waals surface area contributed by atoms with E-state index in [0.717, 1.165) is 20.8 Å². The maximum atomic E-state index is 10.9. The molecule has 7 heteroatoms. The molecule has 1 aliphatic rings. The largest absolute Gasteiger partial charge is 0.508 e. The van der Waals surface area contributed by atoms with Crippen molar-refractivity contribution in [3.8, 4) is 5.75 Å². The highest BCUT2D eigenvalue weighted by Gasteiger charge is 2.27.